The van der Waals surface area contributed by atoms with Crippen molar-refractivity contribution < 1.29 is 23.5 Å². The average Bonchev–Trinajstić information content (AvgIpc) is 3.29. The van der Waals surface area contributed by atoms with Crippen molar-refractivity contribution in [3.05, 3.63) is 54.5 Å². The van der Waals surface area contributed by atoms with Gasteiger partial charge < -0.3 is 24.1 Å². The molecule has 2 aromatic rings. The smallest absolute Gasteiger partial charge is 0.257 e. The second-order valence-corrected chi connectivity index (χ2v) is 6.89. The maximum atomic E-state index is 12.2. The molecular formula is C22H26N2O5. The van der Waals surface area contributed by atoms with Gasteiger partial charge in [0.1, 0.15) is 17.3 Å². The lowest BCUT2D eigenvalue weighted by molar-refractivity contribution is -0.128. The van der Waals surface area contributed by atoms with E-state index >= 15 is 0 Å². The molecule has 154 valence electrons. The van der Waals surface area contributed by atoms with Gasteiger partial charge in [0.05, 0.1) is 13.4 Å². The quantitative estimate of drug-likeness (QED) is 0.692. The molecule has 1 aliphatic rings. The maximum absolute atomic E-state index is 12.2. The van der Waals surface area contributed by atoms with E-state index in [9.17, 15) is 9.59 Å². The summed E-state index contributed by atoms with van der Waals surface area (Å²) in [5.74, 6) is 2.21. The Bertz CT molecular complexity index is 806. The van der Waals surface area contributed by atoms with Crippen LogP contribution in [0.15, 0.2) is 53.2 Å². The predicted molar refractivity (Wildman–Crippen MR) is 109 cm³/mol. The Kier molecular flexibility index (Phi) is 7.33. The van der Waals surface area contributed by atoms with E-state index in [0.29, 0.717) is 37.1 Å². The van der Waals surface area contributed by atoms with Gasteiger partial charge in [-0.1, -0.05) is 0 Å². The van der Waals surface area contributed by atoms with Crippen molar-refractivity contribution in [3.63, 3.8) is 0 Å². The first kappa shape index (κ1) is 20.5. The number of nitrogens with one attached hydrogen (secondary N) is 1. The Balaban J connectivity index is 1.32. The molecule has 0 radical (unpaired) electrons. The highest BCUT2D eigenvalue weighted by Gasteiger charge is 2.22. The third-order valence-corrected chi connectivity index (χ3v) is 4.88. The van der Waals surface area contributed by atoms with Crippen molar-refractivity contribution in [2.75, 3.05) is 33.4 Å². The summed E-state index contributed by atoms with van der Waals surface area (Å²) in [7, 11) is 1.60. The van der Waals surface area contributed by atoms with Crippen LogP contribution in [0.4, 0.5) is 0 Å². The van der Waals surface area contributed by atoms with Gasteiger partial charge >= 0.3 is 0 Å². The highest BCUT2D eigenvalue weighted by atomic mass is 16.5. The molecule has 0 saturated carbocycles. The second-order valence-electron chi connectivity index (χ2n) is 6.89. The molecule has 29 heavy (non-hydrogen) atoms. The summed E-state index contributed by atoms with van der Waals surface area (Å²) in [6.45, 7) is 1.94. The number of carbonyl (C=O) groups excluding carboxylic acids is 2. The minimum absolute atomic E-state index is 0.0169. The summed E-state index contributed by atoms with van der Waals surface area (Å²) in [6, 6.07) is 10.7. The number of ether oxygens (including phenoxy) is 2. The lowest BCUT2D eigenvalue weighted by atomic mass is 9.96. The molecule has 0 atom stereocenters. The Morgan fingerprint density at radius 1 is 1.17 bits per heavy atom. The number of benzene rings is 1. The van der Waals surface area contributed by atoms with Crippen LogP contribution in [0.1, 0.15) is 18.6 Å². The SMILES string of the molecule is COc1ccc(OCC(=O)NCC2CCN(C(=O)/C=C/c3ccco3)CC2)cc1. The first-order valence-corrected chi connectivity index (χ1v) is 9.68. The van der Waals surface area contributed by atoms with Crippen molar-refractivity contribution in [1.29, 1.82) is 0 Å². The van der Waals surface area contributed by atoms with Gasteiger partial charge in [0, 0.05) is 25.7 Å². The van der Waals surface area contributed by atoms with Gasteiger partial charge in [-0.05, 0) is 61.2 Å². The zero-order chi connectivity index (χ0) is 20.5. The zero-order valence-electron chi connectivity index (χ0n) is 16.5. The number of furan rings is 1. The summed E-state index contributed by atoms with van der Waals surface area (Å²) in [4.78, 5) is 26.1. The molecule has 1 fully saturated rings. The Hall–Kier alpha value is -3.22. The molecule has 0 aliphatic carbocycles. The number of methoxy groups -OCH3 is 1. The van der Waals surface area contributed by atoms with E-state index in [1.807, 2.05) is 4.90 Å². The summed E-state index contributed by atoms with van der Waals surface area (Å²) in [5, 5.41) is 2.91. The van der Waals surface area contributed by atoms with Crippen molar-refractivity contribution in [3.8, 4) is 11.5 Å². The first-order valence-electron chi connectivity index (χ1n) is 9.68. The van der Waals surface area contributed by atoms with E-state index in [-0.39, 0.29) is 18.4 Å². The van der Waals surface area contributed by atoms with E-state index < -0.39 is 0 Å². The maximum Gasteiger partial charge on any atom is 0.257 e. The normalized spacial score (nSPS) is 14.7. The molecular weight excluding hydrogens is 372 g/mol. The topological polar surface area (TPSA) is 81.0 Å². The van der Waals surface area contributed by atoms with Gasteiger partial charge in [-0.15, -0.1) is 0 Å². The molecule has 7 nitrogen and oxygen atoms in total. The van der Waals surface area contributed by atoms with Gasteiger partial charge in [0.15, 0.2) is 6.61 Å². The lowest BCUT2D eigenvalue weighted by Crippen LogP contribution is -2.41. The number of nitrogens with zero attached hydrogens (tertiary/aromatic N) is 1. The van der Waals surface area contributed by atoms with Crippen LogP contribution in [-0.2, 0) is 9.59 Å². The largest absolute Gasteiger partial charge is 0.497 e. The highest BCUT2D eigenvalue weighted by Crippen LogP contribution is 2.18. The minimum Gasteiger partial charge on any atom is -0.497 e. The van der Waals surface area contributed by atoms with E-state index in [1.54, 1.807) is 55.8 Å². The third-order valence-electron chi connectivity index (χ3n) is 4.88. The van der Waals surface area contributed by atoms with Crippen LogP contribution < -0.4 is 14.8 Å². The van der Waals surface area contributed by atoms with Crippen LogP contribution in [0.25, 0.3) is 6.08 Å². The fraction of sp³-hybridized carbons (Fsp3) is 0.364. The fourth-order valence-corrected chi connectivity index (χ4v) is 3.13. The molecule has 0 bridgehead atoms. The van der Waals surface area contributed by atoms with Gasteiger partial charge in [-0.25, -0.2) is 0 Å². The summed E-state index contributed by atoms with van der Waals surface area (Å²) < 4.78 is 15.8. The third kappa shape index (κ3) is 6.41. The molecule has 1 aromatic heterocycles. The van der Waals surface area contributed by atoms with Crippen molar-refractivity contribution in [1.82, 2.24) is 10.2 Å². The number of rotatable bonds is 8. The average molecular weight is 398 g/mol. The predicted octanol–water partition coefficient (Wildman–Crippen LogP) is 2.74. The Morgan fingerprint density at radius 3 is 2.55 bits per heavy atom. The van der Waals surface area contributed by atoms with Gasteiger partial charge in [-0.3, -0.25) is 9.59 Å². The van der Waals surface area contributed by atoms with E-state index in [4.69, 9.17) is 13.9 Å². The molecule has 7 heteroatoms. The van der Waals surface area contributed by atoms with Gasteiger partial charge in [0.25, 0.3) is 5.91 Å². The molecule has 1 saturated heterocycles. The standard InChI is InChI=1S/C22H26N2O5/c1-27-18-4-6-20(7-5-18)29-16-21(25)23-15-17-10-12-24(13-11-17)22(26)9-8-19-3-2-14-28-19/h2-9,14,17H,10-13,15-16H2,1H3,(H,23,25)/b9-8+. The summed E-state index contributed by atoms with van der Waals surface area (Å²) in [5.41, 5.74) is 0. The van der Waals surface area contributed by atoms with Crippen molar-refractivity contribution >= 4 is 17.9 Å². The molecule has 2 amide bonds. The van der Waals surface area contributed by atoms with Gasteiger partial charge in [0.2, 0.25) is 5.91 Å². The second kappa shape index (κ2) is 10.4. The van der Waals surface area contributed by atoms with E-state index in [2.05, 4.69) is 5.32 Å². The molecule has 2 heterocycles. The molecule has 1 aromatic carbocycles. The lowest BCUT2D eigenvalue weighted by Gasteiger charge is -2.31. The number of hydrogen-bond acceptors (Lipinski definition) is 5. The number of hydrogen-bond donors (Lipinski definition) is 1. The Morgan fingerprint density at radius 2 is 1.90 bits per heavy atom. The molecule has 3 rings (SSSR count). The monoisotopic (exact) mass is 398 g/mol. The summed E-state index contributed by atoms with van der Waals surface area (Å²) >= 11 is 0. The molecule has 0 spiro atoms. The number of likely N-dealkylation sites (tertiary alicyclic amines) is 1. The van der Waals surface area contributed by atoms with Crippen LogP contribution in [0.3, 0.4) is 0 Å². The van der Waals surface area contributed by atoms with Gasteiger partial charge in [-0.2, -0.15) is 0 Å². The Labute approximate surface area is 170 Å². The first-order chi connectivity index (χ1) is 14.1. The number of amides is 2. The van der Waals surface area contributed by atoms with Crippen molar-refractivity contribution in [2.24, 2.45) is 5.92 Å². The highest BCUT2D eigenvalue weighted by molar-refractivity contribution is 5.91. The van der Waals surface area contributed by atoms with Crippen LogP contribution in [0.2, 0.25) is 0 Å². The molecule has 1 aliphatic heterocycles. The van der Waals surface area contributed by atoms with E-state index in [0.717, 1.165) is 18.6 Å². The minimum atomic E-state index is -0.152. The van der Waals surface area contributed by atoms with Crippen LogP contribution in [-0.4, -0.2) is 50.1 Å². The molecule has 1 N–H and O–H groups in total. The van der Waals surface area contributed by atoms with Crippen LogP contribution in [0.5, 0.6) is 11.5 Å². The fourth-order valence-electron chi connectivity index (χ4n) is 3.13. The van der Waals surface area contributed by atoms with Crippen molar-refractivity contribution in [2.45, 2.75) is 12.8 Å². The zero-order valence-corrected chi connectivity index (χ0v) is 16.5. The van der Waals surface area contributed by atoms with E-state index in [1.165, 1.54) is 6.08 Å². The molecule has 0 unspecified atom stereocenters. The van der Waals surface area contributed by atoms with Crippen LogP contribution >= 0.6 is 0 Å². The van der Waals surface area contributed by atoms with Crippen LogP contribution in [0, 0.1) is 5.92 Å². The number of piperidine rings is 1. The summed E-state index contributed by atoms with van der Waals surface area (Å²) in [6.07, 6.45) is 6.51. The number of carbonyl (C=O) groups is 2.